The van der Waals surface area contributed by atoms with Gasteiger partial charge in [0, 0.05) is 22.7 Å². The first kappa shape index (κ1) is 10.8. The van der Waals surface area contributed by atoms with Crippen molar-refractivity contribution >= 4 is 31.6 Å². The van der Waals surface area contributed by atoms with Crippen molar-refractivity contribution in [3.63, 3.8) is 0 Å². The van der Waals surface area contributed by atoms with E-state index >= 15 is 0 Å². The molecule has 0 spiro atoms. The molecule has 0 saturated carbocycles. The predicted octanol–water partition coefficient (Wildman–Crippen LogP) is 1.98. The first-order valence-corrected chi connectivity index (χ1v) is 7.14. The van der Waals surface area contributed by atoms with Crippen LogP contribution in [0.5, 0.6) is 0 Å². The second-order valence-corrected chi connectivity index (χ2v) is 6.43. The molecule has 0 N–H and O–H groups in total. The Morgan fingerprint density at radius 2 is 1.93 bits per heavy atom. The summed E-state index contributed by atoms with van der Waals surface area (Å²) in [5.41, 5.74) is 1.20. The normalized spacial score (nSPS) is 15.5. The van der Waals surface area contributed by atoms with Crippen LogP contribution < -0.4 is 0 Å². The Morgan fingerprint density at radius 1 is 1.27 bits per heavy atom. The second kappa shape index (κ2) is 3.42. The summed E-state index contributed by atoms with van der Waals surface area (Å²) in [5, 5.41) is 0. The van der Waals surface area contributed by atoms with E-state index in [0.29, 0.717) is 18.4 Å². The summed E-state index contributed by atoms with van der Waals surface area (Å²) >= 11 is 3.33. The zero-order chi connectivity index (χ0) is 11.2. The zero-order valence-corrected chi connectivity index (χ0v) is 10.5. The van der Waals surface area contributed by atoms with Crippen molar-refractivity contribution in [1.29, 1.82) is 0 Å². The van der Waals surface area contributed by atoms with Crippen molar-refractivity contribution in [2.75, 3.05) is 6.26 Å². The van der Waals surface area contributed by atoms with Gasteiger partial charge in [-0.05, 0) is 24.1 Å². The van der Waals surface area contributed by atoms with Crippen LogP contribution in [0.15, 0.2) is 21.5 Å². The fraction of sp³-hybridized carbons (Fsp3) is 0.300. The number of benzene rings is 1. The van der Waals surface area contributed by atoms with Crippen LogP contribution in [-0.4, -0.2) is 20.5 Å². The molecule has 0 aliphatic heterocycles. The van der Waals surface area contributed by atoms with Gasteiger partial charge in [0.05, 0.1) is 4.90 Å². The van der Waals surface area contributed by atoms with E-state index in [2.05, 4.69) is 15.9 Å². The van der Waals surface area contributed by atoms with Crippen LogP contribution in [0.1, 0.15) is 22.3 Å². The molecule has 2 rings (SSSR count). The van der Waals surface area contributed by atoms with Gasteiger partial charge in [0.15, 0.2) is 15.6 Å². The summed E-state index contributed by atoms with van der Waals surface area (Å²) in [6, 6.07) is 3.18. The molecule has 0 unspecified atom stereocenters. The van der Waals surface area contributed by atoms with Gasteiger partial charge in [0.2, 0.25) is 0 Å². The molecule has 0 saturated heterocycles. The molecule has 5 heteroatoms. The van der Waals surface area contributed by atoms with Gasteiger partial charge in [0.25, 0.3) is 0 Å². The summed E-state index contributed by atoms with van der Waals surface area (Å²) in [5.74, 6) is -0.0771. The van der Waals surface area contributed by atoms with Gasteiger partial charge in [0.1, 0.15) is 0 Å². The first-order chi connectivity index (χ1) is 6.91. The lowest BCUT2D eigenvalue weighted by molar-refractivity contribution is 0.0992. The molecule has 0 radical (unpaired) electrons. The van der Waals surface area contributed by atoms with Gasteiger partial charge in [-0.15, -0.1) is 0 Å². The molecule has 3 nitrogen and oxygen atoms in total. The minimum atomic E-state index is -3.32. The highest BCUT2D eigenvalue weighted by Crippen LogP contribution is 2.33. The number of carbonyl (C=O) groups excluding carboxylic acids is 1. The fourth-order valence-electron chi connectivity index (χ4n) is 1.82. The quantitative estimate of drug-likeness (QED) is 0.794. The monoisotopic (exact) mass is 288 g/mol. The summed E-state index contributed by atoms with van der Waals surface area (Å²) in [4.78, 5) is 11.8. The molecular formula is C10H9BrO3S. The Kier molecular flexibility index (Phi) is 2.47. The number of fused-ring (bicyclic) bond motifs is 1. The smallest absolute Gasteiger partial charge is 0.176 e. The molecule has 0 amide bonds. The Morgan fingerprint density at radius 3 is 2.53 bits per heavy atom. The SMILES string of the molecule is CS(=O)(=O)c1ccc(Br)c2c1C(=O)CC2. The van der Waals surface area contributed by atoms with Gasteiger partial charge < -0.3 is 0 Å². The van der Waals surface area contributed by atoms with Crippen LogP contribution >= 0.6 is 15.9 Å². The molecule has 1 aromatic rings. The molecule has 0 bridgehead atoms. The first-order valence-electron chi connectivity index (χ1n) is 4.46. The van der Waals surface area contributed by atoms with Crippen LogP contribution in [0.2, 0.25) is 0 Å². The van der Waals surface area contributed by atoms with Crippen molar-refractivity contribution in [3.8, 4) is 0 Å². The Hall–Kier alpha value is -0.680. The van der Waals surface area contributed by atoms with E-state index < -0.39 is 9.84 Å². The second-order valence-electron chi connectivity index (χ2n) is 3.59. The van der Waals surface area contributed by atoms with Crippen molar-refractivity contribution in [2.45, 2.75) is 17.7 Å². The molecule has 0 fully saturated rings. The third kappa shape index (κ3) is 1.74. The average Bonchev–Trinajstić information content (AvgIpc) is 2.48. The van der Waals surface area contributed by atoms with E-state index in [4.69, 9.17) is 0 Å². The summed E-state index contributed by atoms with van der Waals surface area (Å²) in [7, 11) is -3.32. The van der Waals surface area contributed by atoms with Crippen LogP contribution in [0.4, 0.5) is 0 Å². The molecule has 1 aromatic carbocycles. The number of Topliss-reactive ketones (excluding diaryl/α,β-unsaturated/α-hetero) is 1. The van der Waals surface area contributed by atoms with E-state index in [1.165, 1.54) is 6.07 Å². The van der Waals surface area contributed by atoms with Crippen molar-refractivity contribution < 1.29 is 13.2 Å². The van der Waals surface area contributed by atoms with E-state index in [-0.39, 0.29) is 10.7 Å². The van der Waals surface area contributed by atoms with Gasteiger partial charge in [-0.3, -0.25) is 4.79 Å². The lowest BCUT2D eigenvalue weighted by Gasteiger charge is -2.06. The minimum Gasteiger partial charge on any atom is -0.294 e. The van der Waals surface area contributed by atoms with Crippen LogP contribution in [0.25, 0.3) is 0 Å². The van der Waals surface area contributed by atoms with Crippen LogP contribution in [0, 0.1) is 0 Å². The highest BCUT2D eigenvalue weighted by atomic mass is 79.9. The zero-order valence-electron chi connectivity index (χ0n) is 8.08. The average molecular weight is 289 g/mol. The van der Waals surface area contributed by atoms with Crippen molar-refractivity contribution in [3.05, 3.63) is 27.7 Å². The molecule has 15 heavy (non-hydrogen) atoms. The maximum absolute atomic E-state index is 11.6. The van der Waals surface area contributed by atoms with Crippen molar-refractivity contribution in [2.24, 2.45) is 0 Å². The topological polar surface area (TPSA) is 51.2 Å². The largest absolute Gasteiger partial charge is 0.294 e. The van der Waals surface area contributed by atoms with Gasteiger partial charge >= 0.3 is 0 Å². The lowest BCUT2D eigenvalue weighted by atomic mass is 10.1. The van der Waals surface area contributed by atoms with E-state index in [1.807, 2.05) is 0 Å². The number of hydrogen-bond donors (Lipinski definition) is 0. The molecular weight excluding hydrogens is 280 g/mol. The molecule has 1 aliphatic rings. The number of rotatable bonds is 1. The van der Waals surface area contributed by atoms with Crippen LogP contribution in [0.3, 0.4) is 0 Å². The third-order valence-corrected chi connectivity index (χ3v) is 4.38. The van der Waals surface area contributed by atoms with Crippen molar-refractivity contribution in [1.82, 2.24) is 0 Å². The minimum absolute atomic E-state index is 0.0771. The molecule has 0 aromatic heterocycles. The maximum atomic E-state index is 11.6. The summed E-state index contributed by atoms with van der Waals surface area (Å²) in [6.07, 6.45) is 2.15. The van der Waals surface area contributed by atoms with E-state index in [1.54, 1.807) is 6.07 Å². The van der Waals surface area contributed by atoms with Gasteiger partial charge in [-0.25, -0.2) is 8.42 Å². The number of halogens is 1. The van der Waals surface area contributed by atoms with Crippen LogP contribution in [-0.2, 0) is 16.3 Å². The van der Waals surface area contributed by atoms with E-state index in [0.717, 1.165) is 16.3 Å². The molecule has 0 heterocycles. The Labute approximate surface area is 96.5 Å². The molecule has 80 valence electrons. The van der Waals surface area contributed by atoms with Gasteiger partial charge in [-0.1, -0.05) is 15.9 Å². The number of sulfone groups is 1. The summed E-state index contributed by atoms with van der Waals surface area (Å²) < 4.78 is 23.8. The third-order valence-electron chi connectivity index (χ3n) is 2.50. The lowest BCUT2D eigenvalue weighted by Crippen LogP contribution is -2.05. The number of carbonyl (C=O) groups is 1. The fourth-order valence-corrected chi connectivity index (χ4v) is 3.28. The molecule has 0 atom stereocenters. The molecule has 1 aliphatic carbocycles. The number of ketones is 1. The highest BCUT2D eigenvalue weighted by molar-refractivity contribution is 9.10. The standard InChI is InChI=1S/C10H9BrO3S/c1-15(13,14)9-5-3-7(11)6-2-4-8(12)10(6)9/h3,5H,2,4H2,1H3. The maximum Gasteiger partial charge on any atom is 0.176 e. The highest BCUT2D eigenvalue weighted by Gasteiger charge is 2.28. The van der Waals surface area contributed by atoms with Gasteiger partial charge in [-0.2, -0.15) is 0 Å². The summed E-state index contributed by atoms with van der Waals surface area (Å²) in [6.45, 7) is 0. The van der Waals surface area contributed by atoms with E-state index in [9.17, 15) is 13.2 Å². The Balaban J connectivity index is 2.81. The predicted molar refractivity (Wildman–Crippen MR) is 59.9 cm³/mol. The number of hydrogen-bond acceptors (Lipinski definition) is 3. The Bertz CT molecular complexity index is 546.